The van der Waals surface area contributed by atoms with E-state index in [2.05, 4.69) is 16.0 Å². The SMILES string of the molecule is CN[C@@H](Cc1ccccc1)C(=O)N[C@@H]1CO[C@@H]2Nc3ccccc3[C@]2(O)C1. The molecule has 0 aromatic heterocycles. The van der Waals surface area contributed by atoms with Crippen molar-refractivity contribution in [3.8, 4) is 0 Å². The fourth-order valence-corrected chi connectivity index (χ4v) is 4.00. The highest BCUT2D eigenvalue weighted by molar-refractivity contribution is 5.82. The van der Waals surface area contributed by atoms with Crippen LogP contribution >= 0.6 is 0 Å². The van der Waals surface area contributed by atoms with Crippen LogP contribution in [0.4, 0.5) is 5.69 Å². The van der Waals surface area contributed by atoms with Gasteiger partial charge in [0, 0.05) is 17.7 Å². The number of nitrogens with one attached hydrogen (secondary N) is 3. The van der Waals surface area contributed by atoms with Gasteiger partial charge in [0.2, 0.25) is 5.91 Å². The van der Waals surface area contributed by atoms with Gasteiger partial charge in [0.05, 0.1) is 18.7 Å². The number of benzene rings is 2. The number of hydrogen-bond acceptors (Lipinski definition) is 5. The van der Waals surface area contributed by atoms with E-state index in [9.17, 15) is 9.90 Å². The maximum absolute atomic E-state index is 12.8. The van der Waals surface area contributed by atoms with Crippen molar-refractivity contribution in [2.75, 3.05) is 19.0 Å². The first kappa shape index (κ1) is 18.0. The van der Waals surface area contributed by atoms with Gasteiger partial charge in [-0.2, -0.15) is 0 Å². The zero-order valence-corrected chi connectivity index (χ0v) is 15.3. The molecular formula is C21H25N3O3. The molecule has 4 rings (SSSR count). The molecule has 6 nitrogen and oxygen atoms in total. The molecule has 1 fully saturated rings. The third-order valence-corrected chi connectivity index (χ3v) is 5.43. The fourth-order valence-electron chi connectivity index (χ4n) is 4.00. The van der Waals surface area contributed by atoms with Crippen LogP contribution in [0.25, 0.3) is 0 Å². The summed E-state index contributed by atoms with van der Waals surface area (Å²) in [6.45, 7) is 0.363. The lowest BCUT2D eigenvalue weighted by molar-refractivity contribution is -0.147. The highest BCUT2D eigenvalue weighted by atomic mass is 16.5. The van der Waals surface area contributed by atoms with E-state index in [0.29, 0.717) is 19.4 Å². The van der Waals surface area contributed by atoms with Crippen molar-refractivity contribution in [1.29, 1.82) is 0 Å². The van der Waals surface area contributed by atoms with Gasteiger partial charge in [-0.3, -0.25) is 4.79 Å². The Morgan fingerprint density at radius 2 is 2.00 bits per heavy atom. The summed E-state index contributed by atoms with van der Waals surface area (Å²) in [6, 6.07) is 17.0. The molecule has 6 heteroatoms. The lowest BCUT2D eigenvalue weighted by Gasteiger charge is -2.39. The van der Waals surface area contributed by atoms with Gasteiger partial charge in [-0.25, -0.2) is 0 Å². The second-order valence-electron chi connectivity index (χ2n) is 7.27. The van der Waals surface area contributed by atoms with Crippen LogP contribution in [0.2, 0.25) is 0 Å². The number of para-hydroxylation sites is 1. The molecule has 142 valence electrons. The highest BCUT2D eigenvalue weighted by Gasteiger charge is 2.50. The summed E-state index contributed by atoms with van der Waals surface area (Å²) in [6.07, 6.45) is 0.538. The average molecular weight is 367 g/mol. The summed E-state index contributed by atoms with van der Waals surface area (Å²) in [5, 5.41) is 20.6. The molecule has 0 spiro atoms. The second kappa shape index (κ2) is 7.31. The summed E-state index contributed by atoms with van der Waals surface area (Å²) in [5.74, 6) is -0.0868. The number of carbonyl (C=O) groups is 1. The molecule has 2 aromatic carbocycles. The lowest BCUT2D eigenvalue weighted by Crippen LogP contribution is -2.57. The maximum Gasteiger partial charge on any atom is 0.237 e. The number of likely N-dealkylation sites (N-methyl/N-ethyl adjacent to an activating group) is 1. The molecule has 2 aliphatic rings. The van der Waals surface area contributed by atoms with Crippen LogP contribution in [-0.4, -0.2) is 43.0 Å². The molecule has 0 aliphatic carbocycles. The molecule has 4 N–H and O–H groups in total. The molecule has 0 unspecified atom stereocenters. The predicted octanol–water partition coefficient (Wildman–Crippen LogP) is 1.36. The van der Waals surface area contributed by atoms with E-state index >= 15 is 0 Å². The number of hydrogen-bond donors (Lipinski definition) is 4. The first-order chi connectivity index (χ1) is 13.1. The molecule has 4 atom stereocenters. The zero-order valence-electron chi connectivity index (χ0n) is 15.3. The standard InChI is InChI=1S/C21H25N3O3/c1-22-18(11-14-7-3-2-4-8-14)19(25)23-15-12-21(26)16-9-5-6-10-17(16)24-20(21)27-13-15/h2-10,15,18,20,22,24,26H,11-13H2,1H3,(H,23,25)/t15-,18-,20-,21+/m0/s1. The van der Waals surface area contributed by atoms with Gasteiger partial charge in [0.1, 0.15) is 5.60 Å². The number of aliphatic hydroxyl groups is 1. The van der Waals surface area contributed by atoms with Gasteiger partial charge in [0.15, 0.2) is 6.23 Å². The quantitative estimate of drug-likeness (QED) is 0.642. The maximum atomic E-state index is 12.8. The van der Waals surface area contributed by atoms with Crippen LogP contribution in [0.1, 0.15) is 17.5 Å². The number of amides is 1. The summed E-state index contributed by atoms with van der Waals surface area (Å²) < 4.78 is 5.84. The third-order valence-electron chi connectivity index (χ3n) is 5.43. The predicted molar refractivity (Wildman–Crippen MR) is 103 cm³/mol. The van der Waals surface area contributed by atoms with E-state index in [-0.39, 0.29) is 18.0 Å². The number of fused-ring (bicyclic) bond motifs is 3. The molecule has 0 bridgehead atoms. The molecule has 1 amide bonds. The summed E-state index contributed by atoms with van der Waals surface area (Å²) in [4.78, 5) is 12.8. The van der Waals surface area contributed by atoms with E-state index in [1.54, 1.807) is 7.05 Å². The van der Waals surface area contributed by atoms with E-state index in [4.69, 9.17) is 4.74 Å². The second-order valence-corrected chi connectivity index (χ2v) is 7.27. The van der Waals surface area contributed by atoms with Gasteiger partial charge < -0.3 is 25.8 Å². The minimum atomic E-state index is -1.14. The molecule has 2 heterocycles. The van der Waals surface area contributed by atoms with Crippen molar-refractivity contribution < 1.29 is 14.6 Å². The van der Waals surface area contributed by atoms with Crippen molar-refractivity contribution in [3.63, 3.8) is 0 Å². The minimum Gasteiger partial charge on any atom is -0.380 e. The third kappa shape index (κ3) is 3.43. The Morgan fingerprint density at radius 1 is 1.26 bits per heavy atom. The monoisotopic (exact) mass is 367 g/mol. The van der Waals surface area contributed by atoms with Crippen LogP contribution in [0.3, 0.4) is 0 Å². The average Bonchev–Trinajstić information content (AvgIpc) is 2.98. The fraction of sp³-hybridized carbons (Fsp3) is 0.381. The van der Waals surface area contributed by atoms with E-state index < -0.39 is 11.8 Å². The molecule has 0 saturated carbocycles. The van der Waals surface area contributed by atoms with Gasteiger partial charge in [0.25, 0.3) is 0 Å². The van der Waals surface area contributed by atoms with Crippen molar-refractivity contribution in [3.05, 3.63) is 65.7 Å². The largest absolute Gasteiger partial charge is 0.380 e. The minimum absolute atomic E-state index is 0.0868. The van der Waals surface area contributed by atoms with Gasteiger partial charge in [-0.05, 0) is 25.1 Å². The summed E-state index contributed by atoms with van der Waals surface area (Å²) >= 11 is 0. The van der Waals surface area contributed by atoms with Crippen LogP contribution in [0.15, 0.2) is 54.6 Å². The van der Waals surface area contributed by atoms with E-state index in [1.807, 2.05) is 54.6 Å². The van der Waals surface area contributed by atoms with Crippen molar-refractivity contribution >= 4 is 11.6 Å². The number of rotatable bonds is 5. The number of anilines is 1. The van der Waals surface area contributed by atoms with Crippen LogP contribution in [0.5, 0.6) is 0 Å². The van der Waals surface area contributed by atoms with Crippen LogP contribution in [0, 0.1) is 0 Å². The lowest BCUT2D eigenvalue weighted by atomic mass is 9.86. The molecule has 1 saturated heterocycles. The van der Waals surface area contributed by atoms with E-state index in [1.165, 1.54) is 0 Å². The van der Waals surface area contributed by atoms with Crippen LogP contribution < -0.4 is 16.0 Å². The van der Waals surface area contributed by atoms with Gasteiger partial charge in [-0.1, -0.05) is 48.5 Å². The molecule has 27 heavy (non-hydrogen) atoms. The highest BCUT2D eigenvalue weighted by Crippen LogP contribution is 2.44. The van der Waals surface area contributed by atoms with E-state index in [0.717, 1.165) is 16.8 Å². The summed E-state index contributed by atoms with van der Waals surface area (Å²) in [7, 11) is 1.78. The van der Waals surface area contributed by atoms with Gasteiger partial charge in [-0.15, -0.1) is 0 Å². The Labute approximate surface area is 158 Å². The van der Waals surface area contributed by atoms with Crippen LogP contribution in [-0.2, 0) is 21.6 Å². The number of carbonyl (C=O) groups excluding carboxylic acids is 1. The molecule has 2 aromatic rings. The van der Waals surface area contributed by atoms with Gasteiger partial charge >= 0.3 is 0 Å². The van der Waals surface area contributed by atoms with Crippen molar-refractivity contribution in [2.24, 2.45) is 0 Å². The molecular weight excluding hydrogens is 342 g/mol. The topological polar surface area (TPSA) is 82.6 Å². The Bertz CT molecular complexity index is 813. The smallest absolute Gasteiger partial charge is 0.237 e. The van der Waals surface area contributed by atoms with Crippen molar-refractivity contribution in [2.45, 2.75) is 36.8 Å². The first-order valence-electron chi connectivity index (χ1n) is 9.32. The first-order valence-corrected chi connectivity index (χ1v) is 9.32. The Balaban J connectivity index is 1.43. The van der Waals surface area contributed by atoms with Crippen molar-refractivity contribution in [1.82, 2.24) is 10.6 Å². The Hall–Kier alpha value is -2.41. The Morgan fingerprint density at radius 3 is 2.78 bits per heavy atom. The number of ether oxygens (including phenoxy) is 1. The zero-order chi connectivity index (χ0) is 18.9. The molecule has 2 aliphatic heterocycles. The molecule has 0 radical (unpaired) electrons. The Kier molecular flexibility index (Phi) is 4.86. The normalized spacial score (nSPS) is 27.2. The summed E-state index contributed by atoms with van der Waals surface area (Å²) in [5.41, 5.74) is 1.67.